The lowest BCUT2D eigenvalue weighted by Gasteiger charge is -2.19. The van der Waals surface area contributed by atoms with Crippen LogP contribution in [-0.2, 0) is 14.3 Å². The second-order valence-electron chi connectivity index (χ2n) is 4.87. The minimum Gasteiger partial charge on any atom is -0.267 e. The average molecular weight is 219 g/mol. The van der Waals surface area contributed by atoms with Gasteiger partial charge in [0.05, 0.1) is 11.9 Å². The summed E-state index contributed by atoms with van der Waals surface area (Å²) >= 11 is 0. The Morgan fingerprint density at radius 1 is 1.36 bits per heavy atom. The van der Waals surface area contributed by atoms with Gasteiger partial charge in [-0.25, -0.2) is 0 Å². The summed E-state index contributed by atoms with van der Waals surface area (Å²) in [6.07, 6.45) is 3.82. The first kappa shape index (κ1) is 12.0. The molecule has 4 heteroatoms. The highest BCUT2D eigenvalue weighted by atomic mass is 32.2. The maximum absolute atomic E-state index is 11.5. The molecule has 3 nitrogen and oxygen atoms in total. The summed E-state index contributed by atoms with van der Waals surface area (Å²) in [4.78, 5) is 0. The van der Waals surface area contributed by atoms with E-state index in [0.717, 1.165) is 25.7 Å². The van der Waals surface area contributed by atoms with E-state index in [1.165, 1.54) is 0 Å². The summed E-state index contributed by atoms with van der Waals surface area (Å²) < 4.78 is 28.2. The molecule has 1 aliphatic rings. The molecule has 1 radical (unpaired) electrons. The molecule has 0 aromatic heterocycles. The molecule has 14 heavy (non-hydrogen) atoms. The fourth-order valence-corrected chi connectivity index (χ4v) is 3.34. The van der Waals surface area contributed by atoms with Crippen molar-refractivity contribution in [2.75, 3.05) is 5.75 Å². The van der Waals surface area contributed by atoms with E-state index < -0.39 is 15.5 Å². The summed E-state index contributed by atoms with van der Waals surface area (Å²) in [7, 11) is -3.39. The van der Waals surface area contributed by atoms with Crippen LogP contribution < -0.4 is 0 Å². The van der Waals surface area contributed by atoms with Gasteiger partial charge in [-0.05, 0) is 25.2 Å². The van der Waals surface area contributed by atoms with Crippen molar-refractivity contribution in [2.24, 2.45) is 5.41 Å². The molecule has 1 aliphatic carbocycles. The van der Waals surface area contributed by atoms with Crippen molar-refractivity contribution < 1.29 is 12.6 Å². The van der Waals surface area contributed by atoms with Gasteiger partial charge >= 0.3 is 0 Å². The maximum atomic E-state index is 11.5. The molecule has 0 atom stereocenters. The number of hydrogen-bond acceptors (Lipinski definition) is 3. The highest BCUT2D eigenvalue weighted by molar-refractivity contribution is 7.86. The average Bonchev–Trinajstić information content (AvgIpc) is 2.31. The van der Waals surface area contributed by atoms with E-state index in [-0.39, 0.29) is 11.9 Å². The second-order valence-corrected chi connectivity index (χ2v) is 6.47. The van der Waals surface area contributed by atoms with E-state index in [1.807, 2.05) is 0 Å². The highest BCUT2D eigenvalue weighted by Gasteiger charge is 2.27. The lowest BCUT2D eigenvalue weighted by atomic mass is 10.0. The van der Waals surface area contributed by atoms with Crippen LogP contribution >= 0.6 is 0 Å². The topological polar surface area (TPSA) is 43.4 Å². The van der Waals surface area contributed by atoms with Crippen LogP contribution in [0.1, 0.15) is 39.5 Å². The first-order chi connectivity index (χ1) is 6.29. The van der Waals surface area contributed by atoms with Gasteiger partial charge in [-0.2, -0.15) is 8.42 Å². The van der Waals surface area contributed by atoms with Crippen molar-refractivity contribution in [2.45, 2.75) is 45.6 Å². The highest BCUT2D eigenvalue weighted by Crippen LogP contribution is 2.25. The molecule has 0 bridgehead atoms. The zero-order valence-corrected chi connectivity index (χ0v) is 9.77. The fourth-order valence-electron chi connectivity index (χ4n) is 1.70. The quantitative estimate of drug-likeness (QED) is 0.680. The number of hydrogen-bond donors (Lipinski definition) is 0. The third-order valence-electron chi connectivity index (χ3n) is 2.15. The fraction of sp³-hybridized carbons (Fsp3) is 0.900. The van der Waals surface area contributed by atoms with E-state index in [4.69, 9.17) is 4.18 Å². The summed E-state index contributed by atoms with van der Waals surface area (Å²) in [5.74, 6) is -0.00347. The van der Waals surface area contributed by atoms with Gasteiger partial charge in [0.1, 0.15) is 0 Å². The summed E-state index contributed by atoms with van der Waals surface area (Å²) in [6.45, 7) is 7.36. The normalized spacial score (nSPS) is 20.2. The first-order valence-electron chi connectivity index (χ1n) is 5.05. The van der Waals surface area contributed by atoms with E-state index in [0.29, 0.717) is 0 Å². The summed E-state index contributed by atoms with van der Waals surface area (Å²) in [5.41, 5.74) is -0.475. The van der Waals surface area contributed by atoms with Crippen LogP contribution in [0.3, 0.4) is 0 Å². The van der Waals surface area contributed by atoms with Crippen LogP contribution in [0, 0.1) is 12.3 Å². The smallest absolute Gasteiger partial charge is 0.267 e. The van der Waals surface area contributed by atoms with Crippen molar-refractivity contribution in [1.29, 1.82) is 0 Å². The lowest BCUT2D eigenvalue weighted by Crippen LogP contribution is -2.25. The molecular formula is C10H19O3S. The zero-order valence-electron chi connectivity index (χ0n) is 8.95. The minimum atomic E-state index is -3.39. The molecule has 1 saturated carbocycles. The van der Waals surface area contributed by atoms with Crippen molar-refractivity contribution in [1.82, 2.24) is 0 Å². The van der Waals surface area contributed by atoms with Crippen molar-refractivity contribution in [3.05, 3.63) is 6.92 Å². The van der Waals surface area contributed by atoms with Crippen LogP contribution in [0.15, 0.2) is 0 Å². The van der Waals surface area contributed by atoms with Gasteiger partial charge in [0.15, 0.2) is 0 Å². The predicted octanol–water partition coefficient (Wildman–Crippen LogP) is 2.14. The lowest BCUT2D eigenvalue weighted by molar-refractivity contribution is 0.214. The van der Waals surface area contributed by atoms with E-state index in [1.54, 1.807) is 13.8 Å². The molecular weight excluding hydrogens is 200 g/mol. The Labute approximate surface area is 87.0 Å². The molecule has 0 aliphatic heterocycles. The Hall–Kier alpha value is -0.0900. The Balaban J connectivity index is 2.49. The van der Waals surface area contributed by atoms with Gasteiger partial charge in [-0.3, -0.25) is 4.18 Å². The van der Waals surface area contributed by atoms with Gasteiger partial charge in [-0.1, -0.05) is 26.7 Å². The second kappa shape index (κ2) is 4.19. The standard InChI is InChI=1S/C10H19O3S/c1-10(2,3)8-14(11,12)13-9-6-4-5-7-9/h9H,1,4-8H2,2-3H3. The maximum Gasteiger partial charge on any atom is 0.268 e. The van der Waals surface area contributed by atoms with E-state index in [9.17, 15) is 8.42 Å². The zero-order chi connectivity index (χ0) is 10.8. The number of rotatable bonds is 4. The van der Waals surface area contributed by atoms with Gasteiger partial charge in [-0.15, -0.1) is 0 Å². The van der Waals surface area contributed by atoms with Crippen LogP contribution in [0.25, 0.3) is 0 Å². The van der Waals surface area contributed by atoms with Crippen LogP contribution in [0.2, 0.25) is 0 Å². The van der Waals surface area contributed by atoms with Crippen LogP contribution in [0.5, 0.6) is 0 Å². The largest absolute Gasteiger partial charge is 0.268 e. The third kappa shape index (κ3) is 4.42. The predicted molar refractivity (Wildman–Crippen MR) is 56.3 cm³/mol. The Morgan fingerprint density at radius 2 is 1.86 bits per heavy atom. The molecule has 83 valence electrons. The van der Waals surface area contributed by atoms with Gasteiger partial charge in [0.25, 0.3) is 10.1 Å². The molecule has 0 heterocycles. The van der Waals surface area contributed by atoms with E-state index in [2.05, 4.69) is 6.92 Å². The molecule has 0 aromatic carbocycles. The van der Waals surface area contributed by atoms with E-state index >= 15 is 0 Å². The Kier molecular flexibility index (Phi) is 3.58. The third-order valence-corrected chi connectivity index (χ3v) is 3.85. The Morgan fingerprint density at radius 3 is 2.29 bits per heavy atom. The molecule has 1 fully saturated rings. The minimum absolute atomic E-state index is 0.00347. The van der Waals surface area contributed by atoms with Crippen molar-refractivity contribution >= 4 is 10.1 Å². The van der Waals surface area contributed by atoms with Crippen molar-refractivity contribution in [3.8, 4) is 0 Å². The van der Waals surface area contributed by atoms with Gasteiger partial charge in [0, 0.05) is 0 Å². The summed E-state index contributed by atoms with van der Waals surface area (Å²) in [5, 5.41) is 0. The Bertz CT molecular complexity index is 268. The van der Waals surface area contributed by atoms with Crippen LogP contribution in [0.4, 0.5) is 0 Å². The molecule has 0 saturated heterocycles. The van der Waals surface area contributed by atoms with Crippen molar-refractivity contribution in [3.63, 3.8) is 0 Å². The van der Waals surface area contributed by atoms with Gasteiger partial charge < -0.3 is 0 Å². The molecule has 0 aromatic rings. The first-order valence-corrected chi connectivity index (χ1v) is 6.63. The molecule has 0 unspecified atom stereocenters. The summed E-state index contributed by atoms with van der Waals surface area (Å²) in [6, 6.07) is 0. The van der Waals surface area contributed by atoms with Crippen LogP contribution in [-0.4, -0.2) is 20.3 Å². The monoisotopic (exact) mass is 219 g/mol. The molecule has 1 rings (SSSR count). The SMILES string of the molecule is [CH2]C(C)(C)CS(=O)(=O)OC1CCCC1. The van der Waals surface area contributed by atoms with Gasteiger partial charge in [0.2, 0.25) is 0 Å². The molecule has 0 amide bonds. The molecule has 0 spiro atoms. The molecule has 0 N–H and O–H groups in total.